The molecule has 134 valence electrons. The number of carbonyl (C=O) groups is 2. The zero-order chi connectivity index (χ0) is 17.1. The Bertz CT molecular complexity index is 547. The molecule has 0 bridgehead atoms. The summed E-state index contributed by atoms with van der Waals surface area (Å²) in [6.07, 6.45) is 8.84. The average molecular weight is 444 g/mol. The van der Waals surface area contributed by atoms with Gasteiger partial charge >= 0.3 is 5.97 Å². The molecule has 4 aliphatic carbocycles. The molecule has 0 amide bonds. The summed E-state index contributed by atoms with van der Waals surface area (Å²) in [5.74, 6) is 4.05. The van der Waals surface area contributed by atoms with Crippen LogP contribution in [0.25, 0.3) is 0 Å². The topological polar surface area (TPSA) is 43.4 Å². The second kappa shape index (κ2) is 6.24. The molecule has 0 saturated heterocycles. The molecule has 4 heteroatoms. The van der Waals surface area contributed by atoms with Crippen LogP contribution >= 0.6 is 22.6 Å². The highest BCUT2D eigenvalue weighted by molar-refractivity contribution is 14.1. The Morgan fingerprint density at radius 1 is 1.21 bits per heavy atom. The van der Waals surface area contributed by atoms with Crippen molar-refractivity contribution < 1.29 is 14.3 Å². The van der Waals surface area contributed by atoms with Crippen LogP contribution in [0.2, 0.25) is 0 Å². The zero-order valence-corrected chi connectivity index (χ0v) is 17.0. The van der Waals surface area contributed by atoms with Crippen LogP contribution in [0.5, 0.6) is 0 Å². The first-order valence-electron chi connectivity index (χ1n) is 9.73. The van der Waals surface area contributed by atoms with E-state index >= 15 is 0 Å². The number of rotatable bonds is 1. The van der Waals surface area contributed by atoms with E-state index in [0.717, 1.165) is 43.4 Å². The van der Waals surface area contributed by atoms with Gasteiger partial charge in [0.15, 0.2) is 0 Å². The summed E-state index contributed by atoms with van der Waals surface area (Å²) in [5.41, 5.74) is 0.174. The lowest BCUT2D eigenvalue weighted by molar-refractivity contribution is -0.157. The molecule has 0 aliphatic heterocycles. The van der Waals surface area contributed by atoms with Crippen LogP contribution in [0, 0.1) is 35.0 Å². The number of carbonyl (C=O) groups excluding carboxylic acids is 2. The number of fused-ring (bicyclic) bond motifs is 5. The summed E-state index contributed by atoms with van der Waals surface area (Å²) in [6.45, 7) is 3.93. The van der Waals surface area contributed by atoms with Gasteiger partial charge in [-0.05, 0) is 68.1 Å². The van der Waals surface area contributed by atoms with E-state index in [9.17, 15) is 9.59 Å². The maximum absolute atomic E-state index is 11.9. The maximum Gasteiger partial charge on any atom is 0.302 e. The molecule has 0 heterocycles. The van der Waals surface area contributed by atoms with E-state index in [4.69, 9.17) is 4.74 Å². The monoisotopic (exact) mass is 444 g/mol. The Kier molecular flexibility index (Phi) is 4.50. The molecule has 0 spiro atoms. The first-order chi connectivity index (χ1) is 11.4. The highest BCUT2D eigenvalue weighted by Gasteiger charge is 2.60. The number of Topliss-reactive ketones (excluding diaryl/α,β-unsaturated/α-hetero) is 1. The minimum Gasteiger partial charge on any atom is -0.462 e. The molecule has 0 radical (unpaired) electrons. The van der Waals surface area contributed by atoms with E-state index in [1.165, 1.54) is 25.7 Å². The Hall–Kier alpha value is -0.130. The van der Waals surface area contributed by atoms with Crippen molar-refractivity contribution in [1.29, 1.82) is 0 Å². The predicted molar refractivity (Wildman–Crippen MR) is 101 cm³/mol. The van der Waals surface area contributed by atoms with Crippen molar-refractivity contribution in [2.45, 2.75) is 75.2 Å². The molecule has 24 heavy (non-hydrogen) atoms. The lowest BCUT2D eigenvalue weighted by Crippen LogP contribution is -2.53. The van der Waals surface area contributed by atoms with Gasteiger partial charge in [0.2, 0.25) is 0 Å². The lowest BCUT2D eigenvalue weighted by atomic mass is 9.50. The van der Waals surface area contributed by atoms with Crippen LogP contribution in [0.15, 0.2) is 0 Å². The van der Waals surface area contributed by atoms with Gasteiger partial charge in [-0.2, -0.15) is 0 Å². The summed E-state index contributed by atoms with van der Waals surface area (Å²) in [4.78, 5) is 23.4. The van der Waals surface area contributed by atoms with Crippen molar-refractivity contribution in [3.63, 3.8) is 0 Å². The molecular weight excluding hydrogens is 415 g/mol. The van der Waals surface area contributed by atoms with Crippen molar-refractivity contribution in [1.82, 2.24) is 0 Å². The zero-order valence-electron chi connectivity index (χ0n) is 14.8. The van der Waals surface area contributed by atoms with Crippen LogP contribution in [0.1, 0.15) is 65.2 Å². The highest BCUT2D eigenvalue weighted by atomic mass is 127. The van der Waals surface area contributed by atoms with Gasteiger partial charge < -0.3 is 4.74 Å². The first kappa shape index (κ1) is 17.3. The summed E-state index contributed by atoms with van der Waals surface area (Å²) in [5, 5.41) is 0. The van der Waals surface area contributed by atoms with E-state index < -0.39 is 0 Å². The molecule has 0 aromatic heterocycles. The number of halogens is 1. The summed E-state index contributed by atoms with van der Waals surface area (Å²) >= 11 is 2.68. The van der Waals surface area contributed by atoms with Gasteiger partial charge in [-0.3, -0.25) is 9.59 Å². The van der Waals surface area contributed by atoms with Crippen LogP contribution in [0.4, 0.5) is 0 Å². The van der Waals surface area contributed by atoms with Gasteiger partial charge in [-0.1, -0.05) is 29.5 Å². The molecule has 8 atom stereocenters. The quantitative estimate of drug-likeness (QED) is 0.339. The standard InChI is InChI=1S/C20H29IO3/c1-11(22)24-18-6-5-16-19-15(7-8-20(16,18)2)14-4-3-13(23)9-12(14)10-17(19)21/h12,14-19H,3-10H2,1-2H3/t12-,14+,15-,16+,17-,18+,19-,20+/m1/s1. The van der Waals surface area contributed by atoms with E-state index in [2.05, 4.69) is 29.5 Å². The minimum atomic E-state index is -0.121. The van der Waals surface area contributed by atoms with Crippen molar-refractivity contribution >= 4 is 34.3 Å². The number of esters is 1. The predicted octanol–water partition coefficient (Wildman–Crippen LogP) is 4.55. The SMILES string of the molecule is CC(=O)O[C@H]1CC[C@H]2[C@H]3[C@H](CC[C@]12C)[C@H]1CCC(=O)C[C@@H]1C[C@H]3I. The fourth-order valence-corrected chi connectivity index (χ4v) is 8.65. The Balaban J connectivity index is 1.58. The van der Waals surface area contributed by atoms with E-state index in [1.54, 1.807) is 6.92 Å². The molecule has 3 nitrogen and oxygen atoms in total. The molecule has 0 aromatic carbocycles. The molecule has 4 rings (SSSR count). The van der Waals surface area contributed by atoms with Crippen LogP contribution in [-0.4, -0.2) is 21.8 Å². The molecule has 0 N–H and O–H groups in total. The first-order valence-corrected chi connectivity index (χ1v) is 11.0. The van der Waals surface area contributed by atoms with Gasteiger partial charge in [0.05, 0.1) is 0 Å². The summed E-state index contributed by atoms with van der Waals surface area (Å²) < 4.78 is 6.41. The molecule has 4 aliphatic rings. The van der Waals surface area contributed by atoms with E-state index in [1.807, 2.05) is 0 Å². The second-order valence-electron chi connectivity index (χ2n) is 9.02. The molecule has 4 saturated carbocycles. The summed E-state index contributed by atoms with van der Waals surface area (Å²) in [6, 6.07) is 0. The van der Waals surface area contributed by atoms with Gasteiger partial charge in [-0.25, -0.2) is 0 Å². The normalized spacial score (nSPS) is 50.6. The maximum atomic E-state index is 11.9. The molecule has 4 fully saturated rings. The average Bonchev–Trinajstić information content (AvgIpc) is 2.83. The second-order valence-corrected chi connectivity index (χ2v) is 10.6. The van der Waals surface area contributed by atoms with Gasteiger partial charge in [0.1, 0.15) is 11.9 Å². The van der Waals surface area contributed by atoms with Crippen molar-refractivity contribution in [3.8, 4) is 0 Å². The minimum absolute atomic E-state index is 0.121. The smallest absolute Gasteiger partial charge is 0.302 e. The largest absolute Gasteiger partial charge is 0.462 e. The fourth-order valence-electron chi connectivity index (χ4n) is 6.97. The molecular formula is C20H29IO3. The van der Waals surface area contributed by atoms with Crippen molar-refractivity contribution in [2.75, 3.05) is 0 Å². The Labute approximate surface area is 158 Å². The van der Waals surface area contributed by atoms with Crippen LogP contribution in [0.3, 0.4) is 0 Å². The number of hydrogen-bond acceptors (Lipinski definition) is 3. The highest BCUT2D eigenvalue weighted by Crippen LogP contribution is 2.63. The van der Waals surface area contributed by atoms with Gasteiger partial charge in [-0.15, -0.1) is 0 Å². The van der Waals surface area contributed by atoms with Crippen LogP contribution in [-0.2, 0) is 14.3 Å². The Morgan fingerprint density at radius 3 is 2.75 bits per heavy atom. The summed E-state index contributed by atoms with van der Waals surface area (Å²) in [7, 11) is 0. The van der Waals surface area contributed by atoms with Gasteiger partial charge in [0, 0.05) is 29.1 Å². The van der Waals surface area contributed by atoms with E-state index in [-0.39, 0.29) is 17.5 Å². The number of ether oxygens (including phenoxy) is 1. The van der Waals surface area contributed by atoms with Crippen molar-refractivity contribution in [2.24, 2.45) is 35.0 Å². The van der Waals surface area contributed by atoms with Gasteiger partial charge in [0.25, 0.3) is 0 Å². The third-order valence-electron chi connectivity index (χ3n) is 7.95. The Morgan fingerprint density at radius 2 is 2.00 bits per heavy atom. The number of ketones is 1. The lowest BCUT2D eigenvalue weighted by Gasteiger charge is -2.56. The number of alkyl halides is 1. The fraction of sp³-hybridized carbons (Fsp3) is 0.900. The third kappa shape index (κ3) is 2.66. The van der Waals surface area contributed by atoms with Crippen molar-refractivity contribution in [3.05, 3.63) is 0 Å². The number of hydrogen-bond donors (Lipinski definition) is 0. The van der Waals surface area contributed by atoms with Crippen LogP contribution < -0.4 is 0 Å². The molecule has 0 aromatic rings. The van der Waals surface area contributed by atoms with E-state index in [0.29, 0.717) is 21.5 Å². The third-order valence-corrected chi connectivity index (χ3v) is 9.29. The molecule has 0 unspecified atom stereocenters.